The Kier molecular flexibility index (Phi) is 4.89. The summed E-state index contributed by atoms with van der Waals surface area (Å²) in [4.78, 5) is 20.6. The molecule has 0 atom stereocenters. The predicted molar refractivity (Wildman–Crippen MR) is 83.1 cm³/mol. The molecule has 0 aliphatic rings. The van der Waals surface area contributed by atoms with E-state index in [2.05, 4.69) is 38.1 Å². The second-order valence-corrected chi connectivity index (χ2v) is 5.51. The normalized spacial score (nSPS) is 10.6. The summed E-state index contributed by atoms with van der Waals surface area (Å²) >= 11 is 3.39. The molecule has 0 bridgehead atoms. The summed E-state index contributed by atoms with van der Waals surface area (Å²) in [5, 5.41) is 3.17. The van der Waals surface area contributed by atoms with Crippen molar-refractivity contribution in [3.05, 3.63) is 50.7 Å². The van der Waals surface area contributed by atoms with E-state index in [0.717, 1.165) is 29.0 Å². The maximum atomic E-state index is 12.0. The first-order valence-corrected chi connectivity index (χ1v) is 7.31. The Morgan fingerprint density at radius 1 is 1.35 bits per heavy atom. The zero-order chi connectivity index (χ0) is 14.5. The number of pyridine rings is 1. The summed E-state index contributed by atoms with van der Waals surface area (Å²) in [6, 6.07) is 1.81. The van der Waals surface area contributed by atoms with Crippen molar-refractivity contribution in [3.8, 4) is 0 Å². The molecule has 2 rings (SSSR count). The van der Waals surface area contributed by atoms with E-state index in [0.29, 0.717) is 12.1 Å². The highest BCUT2D eigenvalue weighted by molar-refractivity contribution is 9.10. The van der Waals surface area contributed by atoms with Crippen LogP contribution in [0.3, 0.4) is 0 Å². The lowest BCUT2D eigenvalue weighted by atomic mass is 10.3. The first kappa shape index (κ1) is 14.7. The molecule has 0 aliphatic heterocycles. The van der Waals surface area contributed by atoms with E-state index in [1.54, 1.807) is 30.1 Å². The molecule has 0 aliphatic carbocycles. The fraction of sp³-hybridized carbons (Fsp3) is 0.357. The molecule has 2 heterocycles. The van der Waals surface area contributed by atoms with Crippen LogP contribution in [0.4, 0.5) is 5.82 Å². The first-order chi connectivity index (χ1) is 9.60. The van der Waals surface area contributed by atoms with E-state index in [1.807, 2.05) is 6.07 Å². The molecule has 2 aromatic heterocycles. The van der Waals surface area contributed by atoms with Gasteiger partial charge in [0.1, 0.15) is 5.82 Å². The minimum Gasteiger partial charge on any atom is -0.369 e. The lowest BCUT2D eigenvalue weighted by Gasteiger charge is -2.08. The zero-order valence-corrected chi connectivity index (χ0v) is 13.1. The van der Waals surface area contributed by atoms with Crippen molar-refractivity contribution >= 4 is 21.7 Å². The molecule has 5 nitrogen and oxygen atoms in total. The number of aryl methyl sites for hydroxylation is 1. The van der Waals surface area contributed by atoms with Gasteiger partial charge >= 0.3 is 0 Å². The van der Waals surface area contributed by atoms with Gasteiger partial charge in [0.25, 0.3) is 5.56 Å². The average molecular weight is 337 g/mol. The summed E-state index contributed by atoms with van der Waals surface area (Å²) in [7, 11) is 0. The van der Waals surface area contributed by atoms with E-state index >= 15 is 0 Å². The summed E-state index contributed by atoms with van der Waals surface area (Å²) in [6.07, 6.45) is 6.19. The van der Waals surface area contributed by atoms with Gasteiger partial charge in [0.2, 0.25) is 0 Å². The van der Waals surface area contributed by atoms with Crippen LogP contribution in [0.15, 0.2) is 33.9 Å². The van der Waals surface area contributed by atoms with Crippen molar-refractivity contribution in [2.45, 2.75) is 26.8 Å². The average Bonchev–Trinajstić information content (AvgIpc) is 2.43. The van der Waals surface area contributed by atoms with E-state index in [4.69, 9.17) is 0 Å². The maximum absolute atomic E-state index is 12.0. The monoisotopic (exact) mass is 336 g/mol. The van der Waals surface area contributed by atoms with Crippen LogP contribution in [0.5, 0.6) is 0 Å². The predicted octanol–water partition coefficient (Wildman–Crippen LogP) is 2.58. The van der Waals surface area contributed by atoms with E-state index < -0.39 is 0 Å². The standard InChI is InChI=1S/C14H17BrN4O/c1-3-4-16-13-7-17-12(6-18-13)9-19-8-11(15)5-10(2)14(19)20/h5-8H,3-4,9H2,1-2H3,(H,16,18). The van der Waals surface area contributed by atoms with Gasteiger partial charge in [-0.2, -0.15) is 0 Å². The Labute approximate surface area is 126 Å². The largest absolute Gasteiger partial charge is 0.369 e. The van der Waals surface area contributed by atoms with Gasteiger partial charge in [-0.3, -0.25) is 9.78 Å². The molecule has 20 heavy (non-hydrogen) atoms. The smallest absolute Gasteiger partial charge is 0.253 e. The Bertz CT molecular complexity index is 637. The Morgan fingerprint density at radius 3 is 2.80 bits per heavy atom. The molecule has 0 amide bonds. The molecule has 106 valence electrons. The first-order valence-electron chi connectivity index (χ1n) is 6.51. The van der Waals surface area contributed by atoms with Gasteiger partial charge in [0, 0.05) is 22.8 Å². The maximum Gasteiger partial charge on any atom is 0.253 e. The number of nitrogens with one attached hydrogen (secondary N) is 1. The molecule has 1 N–H and O–H groups in total. The number of hydrogen-bond acceptors (Lipinski definition) is 4. The number of halogens is 1. The van der Waals surface area contributed by atoms with Gasteiger partial charge in [-0.05, 0) is 35.3 Å². The third-order valence-electron chi connectivity index (χ3n) is 2.83. The van der Waals surface area contributed by atoms with Crippen LogP contribution in [-0.4, -0.2) is 21.1 Å². The van der Waals surface area contributed by atoms with Crippen molar-refractivity contribution < 1.29 is 0 Å². The molecular formula is C14H17BrN4O. The molecule has 6 heteroatoms. The Morgan fingerprint density at radius 2 is 2.15 bits per heavy atom. The lowest BCUT2D eigenvalue weighted by Crippen LogP contribution is -2.22. The fourth-order valence-corrected chi connectivity index (χ4v) is 2.40. The van der Waals surface area contributed by atoms with Gasteiger partial charge in [-0.15, -0.1) is 0 Å². The summed E-state index contributed by atoms with van der Waals surface area (Å²) in [5.41, 5.74) is 1.45. The molecule has 0 aromatic carbocycles. The molecule has 2 aromatic rings. The third kappa shape index (κ3) is 3.66. The molecular weight excluding hydrogens is 320 g/mol. The lowest BCUT2D eigenvalue weighted by molar-refractivity contribution is 0.726. The van der Waals surface area contributed by atoms with Crippen LogP contribution in [0.25, 0.3) is 0 Å². The summed E-state index contributed by atoms with van der Waals surface area (Å²) < 4.78 is 2.51. The minimum atomic E-state index is -0.0109. The van der Waals surface area contributed by atoms with Gasteiger partial charge in [-0.25, -0.2) is 4.98 Å². The number of nitrogens with zero attached hydrogens (tertiary/aromatic N) is 3. The number of rotatable bonds is 5. The van der Waals surface area contributed by atoms with E-state index in [9.17, 15) is 4.79 Å². The van der Waals surface area contributed by atoms with Crippen molar-refractivity contribution in [2.75, 3.05) is 11.9 Å². The molecule has 0 saturated carbocycles. The molecule has 0 spiro atoms. The SMILES string of the molecule is CCCNc1cnc(Cn2cc(Br)cc(C)c2=O)cn1. The third-order valence-corrected chi connectivity index (χ3v) is 3.26. The van der Waals surface area contributed by atoms with Crippen LogP contribution in [0.2, 0.25) is 0 Å². The van der Waals surface area contributed by atoms with Crippen LogP contribution < -0.4 is 10.9 Å². The molecule has 0 unspecified atom stereocenters. The quantitative estimate of drug-likeness (QED) is 0.911. The summed E-state index contributed by atoms with van der Waals surface area (Å²) in [6.45, 7) is 5.18. The number of aromatic nitrogens is 3. The van der Waals surface area contributed by atoms with Crippen molar-refractivity contribution in [3.63, 3.8) is 0 Å². The van der Waals surface area contributed by atoms with E-state index in [-0.39, 0.29) is 5.56 Å². The van der Waals surface area contributed by atoms with Crippen LogP contribution in [0.1, 0.15) is 24.6 Å². The van der Waals surface area contributed by atoms with Gasteiger partial charge in [-0.1, -0.05) is 6.92 Å². The van der Waals surface area contributed by atoms with E-state index in [1.165, 1.54) is 0 Å². The summed E-state index contributed by atoms with van der Waals surface area (Å²) in [5.74, 6) is 0.758. The second-order valence-electron chi connectivity index (χ2n) is 4.59. The topological polar surface area (TPSA) is 59.8 Å². The zero-order valence-electron chi connectivity index (χ0n) is 11.6. The minimum absolute atomic E-state index is 0.0109. The Hall–Kier alpha value is -1.69. The number of hydrogen-bond donors (Lipinski definition) is 1. The van der Waals surface area contributed by atoms with Crippen LogP contribution >= 0.6 is 15.9 Å². The Balaban J connectivity index is 2.16. The van der Waals surface area contributed by atoms with Crippen molar-refractivity contribution in [1.29, 1.82) is 0 Å². The van der Waals surface area contributed by atoms with Crippen LogP contribution in [-0.2, 0) is 6.54 Å². The fourth-order valence-electron chi connectivity index (χ4n) is 1.81. The highest BCUT2D eigenvalue weighted by Crippen LogP contribution is 2.09. The van der Waals surface area contributed by atoms with Gasteiger partial charge in [0.05, 0.1) is 24.6 Å². The van der Waals surface area contributed by atoms with Crippen LogP contribution in [0, 0.1) is 6.92 Å². The van der Waals surface area contributed by atoms with Crippen molar-refractivity contribution in [1.82, 2.24) is 14.5 Å². The highest BCUT2D eigenvalue weighted by Gasteiger charge is 2.04. The second kappa shape index (κ2) is 6.65. The molecule has 0 fully saturated rings. The number of anilines is 1. The molecule has 0 saturated heterocycles. The van der Waals surface area contributed by atoms with Gasteiger partial charge in [0.15, 0.2) is 0 Å². The molecule has 0 radical (unpaired) electrons. The highest BCUT2D eigenvalue weighted by atomic mass is 79.9. The van der Waals surface area contributed by atoms with Crippen molar-refractivity contribution in [2.24, 2.45) is 0 Å². The van der Waals surface area contributed by atoms with Gasteiger partial charge < -0.3 is 9.88 Å².